The second-order valence-electron chi connectivity index (χ2n) is 5.80. The van der Waals surface area contributed by atoms with Crippen LogP contribution >= 0.6 is 23.2 Å². The van der Waals surface area contributed by atoms with Crippen molar-refractivity contribution in [2.24, 2.45) is 9.98 Å². The van der Waals surface area contributed by atoms with Gasteiger partial charge in [-0.2, -0.15) is 0 Å². The molecule has 3 aromatic carbocycles. The van der Waals surface area contributed by atoms with E-state index in [2.05, 4.69) is 0 Å². The van der Waals surface area contributed by atoms with Gasteiger partial charge < -0.3 is 0 Å². The van der Waals surface area contributed by atoms with Gasteiger partial charge in [-0.25, -0.2) is 0 Å². The molecule has 0 saturated carbocycles. The highest BCUT2D eigenvalue weighted by molar-refractivity contribution is 6.32. The standard InChI is InChI=1S/C21H14Cl2N2/c22-16-7-3-5-14(11-16)20-13-21(15-6-4-8-17(23)12-15)25-19-10-2-1-9-18(19)24-20/h1-12H,13H2. The van der Waals surface area contributed by atoms with Crippen molar-refractivity contribution < 1.29 is 0 Å². The molecule has 0 unspecified atom stereocenters. The maximum absolute atomic E-state index is 6.18. The number of para-hydroxylation sites is 2. The van der Waals surface area contributed by atoms with Gasteiger partial charge >= 0.3 is 0 Å². The van der Waals surface area contributed by atoms with Crippen LogP contribution < -0.4 is 0 Å². The minimum Gasteiger partial charge on any atom is -0.250 e. The Morgan fingerprint density at radius 3 is 1.52 bits per heavy atom. The van der Waals surface area contributed by atoms with E-state index in [4.69, 9.17) is 33.2 Å². The van der Waals surface area contributed by atoms with Crippen LogP contribution in [0.15, 0.2) is 82.8 Å². The number of hydrogen-bond acceptors (Lipinski definition) is 2. The van der Waals surface area contributed by atoms with Crippen molar-refractivity contribution in [2.45, 2.75) is 6.42 Å². The summed E-state index contributed by atoms with van der Waals surface area (Å²) in [7, 11) is 0. The van der Waals surface area contributed by atoms with E-state index < -0.39 is 0 Å². The molecule has 0 amide bonds. The molecule has 1 aliphatic rings. The van der Waals surface area contributed by atoms with E-state index in [0.29, 0.717) is 16.5 Å². The van der Waals surface area contributed by atoms with Gasteiger partial charge in [0.05, 0.1) is 22.8 Å². The molecule has 0 atom stereocenters. The molecule has 1 aliphatic heterocycles. The van der Waals surface area contributed by atoms with Crippen LogP contribution in [0, 0.1) is 0 Å². The van der Waals surface area contributed by atoms with Crippen molar-refractivity contribution >= 4 is 46.0 Å². The zero-order valence-electron chi connectivity index (χ0n) is 13.3. The third-order valence-electron chi connectivity index (χ3n) is 4.04. The van der Waals surface area contributed by atoms with E-state index in [1.807, 2.05) is 72.8 Å². The van der Waals surface area contributed by atoms with Gasteiger partial charge in [-0.3, -0.25) is 9.98 Å². The summed E-state index contributed by atoms with van der Waals surface area (Å²) in [6.07, 6.45) is 0.607. The molecule has 3 aromatic rings. The van der Waals surface area contributed by atoms with Crippen LogP contribution in [-0.2, 0) is 0 Å². The van der Waals surface area contributed by atoms with Crippen molar-refractivity contribution in [2.75, 3.05) is 0 Å². The molecule has 0 aromatic heterocycles. The predicted octanol–water partition coefficient (Wildman–Crippen LogP) is 6.64. The van der Waals surface area contributed by atoms with Crippen molar-refractivity contribution in [3.8, 4) is 0 Å². The average molecular weight is 365 g/mol. The SMILES string of the molecule is Clc1cccc(C2=Nc3ccccc3N=C(c3cccc(Cl)c3)C2)c1. The second kappa shape index (κ2) is 6.83. The number of nitrogens with zero attached hydrogens (tertiary/aromatic N) is 2. The number of halogens is 2. The highest BCUT2D eigenvalue weighted by Gasteiger charge is 2.16. The molecule has 0 radical (unpaired) electrons. The summed E-state index contributed by atoms with van der Waals surface area (Å²) in [5.41, 5.74) is 5.58. The molecule has 0 aliphatic carbocycles. The Kier molecular flexibility index (Phi) is 4.39. The maximum atomic E-state index is 6.18. The minimum absolute atomic E-state index is 0.607. The number of fused-ring (bicyclic) bond motifs is 1. The molecule has 0 bridgehead atoms. The third kappa shape index (κ3) is 3.51. The summed E-state index contributed by atoms with van der Waals surface area (Å²) < 4.78 is 0. The number of benzene rings is 3. The van der Waals surface area contributed by atoms with Gasteiger partial charge in [0, 0.05) is 16.5 Å². The van der Waals surface area contributed by atoms with E-state index in [1.165, 1.54) is 0 Å². The first-order valence-electron chi connectivity index (χ1n) is 7.95. The molecular formula is C21H14Cl2N2. The van der Waals surface area contributed by atoms with E-state index in [0.717, 1.165) is 33.9 Å². The van der Waals surface area contributed by atoms with Crippen LogP contribution in [-0.4, -0.2) is 11.4 Å². The molecule has 25 heavy (non-hydrogen) atoms. The molecule has 0 N–H and O–H groups in total. The van der Waals surface area contributed by atoms with E-state index >= 15 is 0 Å². The number of rotatable bonds is 2. The summed E-state index contributed by atoms with van der Waals surface area (Å²) in [4.78, 5) is 9.72. The van der Waals surface area contributed by atoms with Crippen LogP contribution in [0.1, 0.15) is 17.5 Å². The van der Waals surface area contributed by atoms with Crippen LogP contribution in [0.25, 0.3) is 0 Å². The molecule has 0 spiro atoms. The van der Waals surface area contributed by atoms with Gasteiger partial charge in [-0.1, -0.05) is 59.6 Å². The van der Waals surface area contributed by atoms with Crippen LogP contribution in [0.4, 0.5) is 11.4 Å². The number of hydrogen-bond donors (Lipinski definition) is 0. The Morgan fingerprint density at radius 1 is 0.600 bits per heavy atom. The molecule has 4 rings (SSSR count). The van der Waals surface area contributed by atoms with Gasteiger partial charge in [0.2, 0.25) is 0 Å². The fraction of sp³-hybridized carbons (Fsp3) is 0.0476. The van der Waals surface area contributed by atoms with Crippen LogP contribution in [0.3, 0.4) is 0 Å². The predicted molar refractivity (Wildman–Crippen MR) is 106 cm³/mol. The topological polar surface area (TPSA) is 24.7 Å². The van der Waals surface area contributed by atoms with Crippen LogP contribution in [0.5, 0.6) is 0 Å². The monoisotopic (exact) mass is 364 g/mol. The van der Waals surface area contributed by atoms with Gasteiger partial charge in [-0.05, 0) is 47.5 Å². The lowest BCUT2D eigenvalue weighted by Crippen LogP contribution is -2.09. The molecule has 2 nitrogen and oxygen atoms in total. The molecule has 122 valence electrons. The summed E-state index contributed by atoms with van der Waals surface area (Å²) in [5.74, 6) is 0. The normalized spacial score (nSPS) is 13.5. The zero-order chi connectivity index (χ0) is 17.2. The Morgan fingerprint density at radius 2 is 1.08 bits per heavy atom. The Hall–Kier alpha value is -2.42. The summed E-state index contributed by atoms with van der Waals surface area (Å²) in [5, 5.41) is 1.39. The maximum Gasteiger partial charge on any atom is 0.0889 e. The minimum atomic E-state index is 0.607. The van der Waals surface area contributed by atoms with Gasteiger partial charge in [0.25, 0.3) is 0 Å². The van der Waals surface area contributed by atoms with E-state index in [1.54, 1.807) is 0 Å². The average Bonchev–Trinajstić information content (AvgIpc) is 2.81. The van der Waals surface area contributed by atoms with Crippen molar-refractivity contribution in [3.63, 3.8) is 0 Å². The lowest BCUT2D eigenvalue weighted by Gasteiger charge is -2.08. The molecule has 0 saturated heterocycles. The Bertz CT molecular complexity index is 926. The first-order chi connectivity index (χ1) is 12.2. The van der Waals surface area contributed by atoms with E-state index in [-0.39, 0.29) is 0 Å². The third-order valence-corrected chi connectivity index (χ3v) is 4.51. The van der Waals surface area contributed by atoms with Gasteiger partial charge in [0.15, 0.2) is 0 Å². The van der Waals surface area contributed by atoms with Gasteiger partial charge in [0.1, 0.15) is 0 Å². The van der Waals surface area contributed by atoms with Crippen molar-refractivity contribution in [1.82, 2.24) is 0 Å². The molecule has 4 heteroatoms. The smallest absolute Gasteiger partial charge is 0.0889 e. The van der Waals surface area contributed by atoms with Crippen molar-refractivity contribution in [1.29, 1.82) is 0 Å². The quantitative estimate of drug-likeness (QED) is 0.486. The molecule has 1 heterocycles. The Labute approximate surface area is 156 Å². The molecule has 0 fully saturated rings. The summed E-state index contributed by atoms with van der Waals surface area (Å²) >= 11 is 12.4. The first kappa shape index (κ1) is 16.1. The zero-order valence-corrected chi connectivity index (χ0v) is 14.8. The highest BCUT2D eigenvalue weighted by atomic mass is 35.5. The largest absolute Gasteiger partial charge is 0.250 e. The molecular weight excluding hydrogens is 351 g/mol. The second-order valence-corrected chi connectivity index (χ2v) is 6.68. The summed E-state index contributed by atoms with van der Waals surface area (Å²) in [6.45, 7) is 0. The fourth-order valence-electron chi connectivity index (χ4n) is 2.85. The highest BCUT2D eigenvalue weighted by Crippen LogP contribution is 2.33. The van der Waals surface area contributed by atoms with E-state index in [9.17, 15) is 0 Å². The Balaban J connectivity index is 1.88. The lowest BCUT2D eigenvalue weighted by molar-refractivity contribution is 1.44. The van der Waals surface area contributed by atoms with Crippen LogP contribution in [0.2, 0.25) is 10.0 Å². The van der Waals surface area contributed by atoms with Gasteiger partial charge in [-0.15, -0.1) is 0 Å². The first-order valence-corrected chi connectivity index (χ1v) is 8.71. The number of aliphatic imine (C=N–C) groups is 2. The fourth-order valence-corrected chi connectivity index (χ4v) is 3.23. The van der Waals surface area contributed by atoms with Crippen molar-refractivity contribution in [3.05, 3.63) is 94.0 Å². The lowest BCUT2D eigenvalue weighted by atomic mass is 10.00. The summed E-state index contributed by atoms with van der Waals surface area (Å²) in [6, 6.07) is 23.4.